The Hall–Kier alpha value is -0.0400. The van der Waals surface area contributed by atoms with Gasteiger partial charge in [0.25, 0.3) is 0 Å². The molecule has 2 aliphatic rings. The number of nitrogens with one attached hydrogen (secondary N) is 1. The average Bonchev–Trinajstić information content (AvgIpc) is 2.12. The molecule has 0 radical (unpaired) electrons. The molecule has 0 bridgehead atoms. The maximum Gasteiger partial charge on any atom is -0.000815 e. The van der Waals surface area contributed by atoms with E-state index in [2.05, 4.69) is 12.2 Å². The van der Waals surface area contributed by atoms with Gasteiger partial charge in [0, 0.05) is 0 Å². The number of hydrogen-bond donors (Lipinski definition) is 1. The molecule has 2 rings (SSSR count). The molecule has 0 spiro atoms. The molecule has 0 unspecified atom stereocenters. The quantitative estimate of drug-likeness (QED) is 0.706. The van der Waals surface area contributed by atoms with Crippen LogP contribution in [0.1, 0.15) is 45.4 Å². The van der Waals surface area contributed by atoms with Crippen molar-refractivity contribution in [1.82, 2.24) is 5.32 Å². The van der Waals surface area contributed by atoms with Crippen LogP contribution in [0.2, 0.25) is 0 Å². The normalized spacial score (nSPS) is 35.8. The fourth-order valence-corrected chi connectivity index (χ4v) is 2.86. The summed E-state index contributed by atoms with van der Waals surface area (Å²) < 4.78 is 0. The largest absolute Gasteiger partial charge is 0.316 e. The second-order valence-corrected chi connectivity index (χ2v) is 5.05. The fraction of sp³-hybridized carbons (Fsp3) is 1.00. The molecule has 0 aromatic heterocycles. The fourth-order valence-electron chi connectivity index (χ4n) is 2.86. The minimum atomic E-state index is 1.03. The molecule has 1 heterocycles. The van der Waals surface area contributed by atoms with Gasteiger partial charge in [-0.2, -0.15) is 0 Å². The number of rotatable bonds is 3. The van der Waals surface area contributed by atoms with E-state index in [1.807, 2.05) is 0 Å². The van der Waals surface area contributed by atoms with E-state index in [0.717, 1.165) is 17.8 Å². The van der Waals surface area contributed by atoms with Gasteiger partial charge in [-0.25, -0.2) is 0 Å². The molecule has 1 N–H and O–H groups in total. The van der Waals surface area contributed by atoms with Gasteiger partial charge < -0.3 is 5.32 Å². The molecule has 0 atom stereocenters. The van der Waals surface area contributed by atoms with Crippen molar-refractivity contribution in [3.63, 3.8) is 0 Å². The maximum atomic E-state index is 3.37. The first-order chi connectivity index (χ1) is 6.38. The minimum absolute atomic E-state index is 1.03. The zero-order valence-electron chi connectivity index (χ0n) is 8.89. The van der Waals surface area contributed by atoms with Gasteiger partial charge in [-0.15, -0.1) is 0 Å². The molecule has 1 aliphatic heterocycles. The van der Waals surface area contributed by atoms with Crippen LogP contribution in [0.25, 0.3) is 0 Å². The summed E-state index contributed by atoms with van der Waals surface area (Å²) in [6.45, 7) is 4.95. The van der Waals surface area contributed by atoms with Gasteiger partial charge in [0.05, 0.1) is 0 Å². The molecule has 2 fully saturated rings. The van der Waals surface area contributed by atoms with Crippen LogP contribution < -0.4 is 5.32 Å². The highest BCUT2D eigenvalue weighted by Crippen LogP contribution is 2.34. The molecule has 13 heavy (non-hydrogen) atoms. The Bertz CT molecular complexity index is 143. The molecular weight excluding hydrogens is 158 g/mol. The van der Waals surface area contributed by atoms with Crippen molar-refractivity contribution in [3.8, 4) is 0 Å². The first kappa shape index (κ1) is 9.51. The lowest BCUT2D eigenvalue weighted by atomic mass is 9.76. The molecule has 1 aliphatic carbocycles. The first-order valence-corrected chi connectivity index (χ1v) is 6.09. The van der Waals surface area contributed by atoms with E-state index < -0.39 is 0 Å². The Balaban J connectivity index is 1.65. The van der Waals surface area contributed by atoms with Crippen LogP contribution in [0.3, 0.4) is 0 Å². The Kier molecular flexibility index (Phi) is 3.26. The molecule has 1 nitrogen and oxygen atoms in total. The lowest BCUT2D eigenvalue weighted by Crippen LogP contribution is -2.43. The van der Waals surface area contributed by atoms with Gasteiger partial charge in [0.2, 0.25) is 0 Å². The third-order valence-corrected chi connectivity index (χ3v) is 4.08. The summed E-state index contributed by atoms with van der Waals surface area (Å²) >= 11 is 0. The SMILES string of the molecule is CCC1CCC(CC2CNC2)CC1. The molecule has 0 amide bonds. The zero-order valence-corrected chi connectivity index (χ0v) is 8.89. The average molecular weight is 181 g/mol. The first-order valence-electron chi connectivity index (χ1n) is 6.09. The zero-order chi connectivity index (χ0) is 9.10. The van der Waals surface area contributed by atoms with Crippen LogP contribution in [-0.4, -0.2) is 13.1 Å². The van der Waals surface area contributed by atoms with Crippen LogP contribution in [0, 0.1) is 17.8 Å². The number of hydrogen-bond acceptors (Lipinski definition) is 1. The van der Waals surface area contributed by atoms with E-state index >= 15 is 0 Å². The Morgan fingerprint density at radius 3 is 2.00 bits per heavy atom. The van der Waals surface area contributed by atoms with E-state index in [1.54, 1.807) is 0 Å². The molecule has 0 aromatic carbocycles. The Morgan fingerprint density at radius 2 is 1.54 bits per heavy atom. The molecule has 1 saturated carbocycles. The second kappa shape index (κ2) is 4.45. The standard InChI is InChI=1S/C12H23N/c1-2-10-3-5-11(6-4-10)7-12-8-13-9-12/h10-13H,2-9H2,1H3. The van der Waals surface area contributed by atoms with Crippen molar-refractivity contribution in [2.24, 2.45) is 17.8 Å². The van der Waals surface area contributed by atoms with Crippen LogP contribution in [-0.2, 0) is 0 Å². The third kappa shape index (κ3) is 2.46. The summed E-state index contributed by atoms with van der Waals surface area (Å²) in [5, 5.41) is 3.37. The predicted molar refractivity (Wildman–Crippen MR) is 56.7 cm³/mol. The summed E-state index contributed by atoms with van der Waals surface area (Å²) in [6.07, 6.45) is 9.01. The molecule has 0 aromatic rings. The van der Waals surface area contributed by atoms with Gasteiger partial charge in [-0.1, -0.05) is 39.0 Å². The van der Waals surface area contributed by atoms with Crippen LogP contribution in [0.5, 0.6) is 0 Å². The topological polar surface area (TPSA) is 12.0 Å². The summed E-state index contributed by atoms with van der Waals surface area (Å²) in [6, 6.07) is 0. The van der Waals surface area contributed by atoms with Crippen LogP contribution in [0.15, 0.2) is 0 Å². The molecule has 1 heteroatoms. The Labute approximate surface area is 82.3 Å². The van der Waals surface area contributed by atoms with Crippen molar-refractivity contribution in [2.45, 2.75) is 45.4 Å². The van der Waals surface area contributed by atoms with Gasteiger partial charge in [0.1, 0.15) is 0 Å². The van der Waals surface area contributed by atoms with Crippen molar-refractivity contribution in [3.05, 3.63) is 0 Å². The monoisotopic (exact) mass is 181 g/mol. The summed E-state index contributed by atoms with van der Waals surface area (Å²) in [5.41, 5.74) is 0. The smallest absolute Gasteiger partial charge is 0.000815 e. The highest BCUT2D eigenvalue weighted by atomic mass is 14.9. The molecular formula is C12H23N. The van der Waals surface area contributed by atoms with Gasteiger partial charge in [-0.3, -0.25) is 0 Å². The summed E-state index contributed by atoms with van der Waals surface area (Å²) in [7, 11) is 0. The minimum Gasteiger partial charge on any atom is -0.316 e. The Morgan fingerprint density at radius 1 is 0.923 bits per heavy atom. The van der Waals surface area contributed by atoms with Crippen molar-refractivity contribution in [1.29, 1.82) is 0 Å². The lowest BCUT2D eigenvalue weighted by molar-refractivity contribution is 0.202. The van der Waals surface area contributed by atoms with Crippen LogP contribution in [0.4, 0.5) is 0 Å². The van der Waals surface area contributed by atoms with E-state index in [0.29, 0.717) is 0 Å². The van der Waals surface area contributed by atoms with E-state index in [9.17, 15) is 0 Å². The second-order valence-electron chi connectivity index (χ2n) is 5.05. The van der Waals surface area contributed by atoms with Crippen molar-refractivity contribution < 1.29 is 0 Å². The highest BCUT2D eigenvalue weighted by Gasteiger charge is 2.25. The maximum absolute atomic E-state index is 3.37. The summed E-state index contributed by atoms with van der Waals surface area (Å²) in [4.78, 5) is 0. The van der Waals surface area contributed by atoms with E-state index in [1.165, 1.54) is 51.6 Å². The lowest BCUT2D eigenvalue weighted by Gasteiger charge is -2.34. The van der Waals surface area contributed by atoms with Crippen LogP contribution >= 0.6 is 0 Å². The van der Waals surface area contributed by atoms with Gasteiger partial charge in [0.15, 0.2) is 0 Å². The highest BCUT2D eigenvalue weighted by molar-refractivity contribution is 4.80. The van der Waals surface area contributed by atoms with E-state index in [-0.39, 0.29) is 0 Å². The van der Waals surface area contributed by atoms with Gasteiger partial charge >= 0.3 is 0 Å². The van der Waals surface area contributed by atoms with Gasteiger partial charge in [-0.05, 0) is 37.3 Å². The molecule has 76 valence electrons. The molecule has 1 saturated heterocycles. The van der Waals surface area contributed by atoms with E-state index in [4.69, 9.17) is 0 Å². The predicted octanol–water partition coefficient (Wildman–Crippen LogP) is 2.81. The van der Waals surface area contributed by atoms with Crippen molar-refractivity contribution >= 4 is 0 Å². The van der Waals surface area contributed by atoms with Crippen molar-refractivity contribution in [2.75, 3.05) is 13.1 Å². The summed E-state index contributed by atoms with van der Waals surface area (Å²) in [5.74, 6) is 3.17. The third-order valence-electron chi connectivity index (χ3n) is 4.08.